The van der Waals surface area contributed by atoms with E-state index in [1.54, 1.807) is 0 Å². The summed E-state index contributed by atoms with van der Waals surface area (Å²) in [4.78, 5) is 0. The van der Waals surface area contributed by atoms with Crippen LogP contribution in [0.25, 0.3) is 0 Å². The van der Waals surface area contributed by atoms with Crippen molar-refractivity contribution in [3.8, 4) is 6.07 Å². The van der Waals surface area contributed by atoms with E-state index in [2.05, 4.69) is 18.3 Å². The maximum atomic E-state index is 8.91. The molecule has 0 radical (unpaired) electrons. The van der Waals surface area contributed by atoms with E-state index in [0.717, 1.165) is 5.92 Å². The van der Waals surface area contributed by atoms with E-state index in [-0.39, 0.29) is 6.04 Å². The third-order valence-electron chi connectivity index (χ3n) is 3.37. The van der Waals surface area contributed by atoms with Crippen LogP contribution in [0.3, 0.4) is 0 Å². The predicted molar refractivity (Wildman–Crippen MR) is 54.2 cm³/mol. The molecule has 2 heteroatoms. The van der Waals surface area contributed by atoms with Gasteiger partial charge in [-0.3, -0.25) is 0 Å². The Balaban J connectivity index is 2.44. The number of nitrogens with one attached hydrogen (secondary N) is 1. The molecule has 0 bridgehead atoms. The highest BCUT2D eigenvalue weighted by Gasteiger charge is 2.25. The van der Waals surface area contributed by atoms with Crippen LogP contribution < -0.4 is 5.32 Å². The molecule has 0 aromatic heterocycles. The summed E-state index contributed by atoms with van der Waals surface area (Å²) in [5, 5.41) is 12.0. The van der Waals surface area contributed by atoms with Crippen LogP contribution in [-0.2, 0) is 0 Å². The Labute approximate surface area is 81.3 Å². The Morgan fingerprint density at radius 2 is 1.92 bits per heavy atom. The quantitative estimate of drug-likeness (QED) is 0.723. The summed E-state index contributed by atoms with van der Waals surface area (Å²) in [6, 6.07) is 2.38. The van der Waals surface area contributed by atoms with Crippen molar-refractivity contribution >= 4 is 0 Å². The van der Waals surface area contributed by atoms with Gasteiger partial charge in [-0.05, 0) is 18.9 Å². The van der Waals surface area contributed by atoms with Gasteiger partial charge >= 0.3 is 0 Å². The van der Waals surface area contributed by atoms with Crippen molar-refractivity contribution in [2.45, 2.75) is 45.1 Å². The van der Waals surface area contributed by atoms with Crippen molar-refractivity contribution in [1.29, 1.82) is 5.26 Å². The molecule has 1 aliphatic carbocycles. The molecule has 2 atom stereocenters. The van der Waals surface area contributed by atoms with Gasteiger partial charge in [0.1, 0.15) is 0 Å². The first kappa shape index (κ1) is 10.5. The summed E-state index contributed by atoms with van der Waals surface area (Å²) in [6.45, 7) is 2.21. The molecule has 0 aromatic rings. The molecule has 1 rings (SSSR count). The van der Waals surface area contributed by atoms with Gasteiger partial charge in [-0.25, -0.2) is 0 Å². The summed E-state index contributed by atoms with van der Waals surface area (Å²) in [6.07, 6.45) is 6.75. The molecule has 1 fully saturated rings. The first-order valence-corrected chi connectivity index (χ1v) is 5.36. The summed E-state index contributed by atoms with van der Waals surface area (Å²) in [5.74, 6) is 1.28. The SMILES string of the molecule is CNC(C#N)C(C)C1CCCCC1. The highest BCUT2D eigenvalue weighted by molar-refractivity contribution is 4.95. The Kier molecular flexibility index (Phi) is 4.24. The average Bonchev–Trinajstić information content (AvgIpc) is 2.21. The van der Waals surface area contributed by atoms with E-state index in [0.29, 0.717) is 5.92 Å². The van der Waals surface area contributed by atoms with Crippen molar-refractivity contribution in [2.75, 3.05) is 7.05 Å². The van der Waals surface area contributed by atoms with Crippen molar-refractivity contribution in [3.05, 3.63) is 0 Å². The number of rotatable bonds is 3. The van der Waals surface area contributed by atoms with E-state index < -0.39 is 0 Å². The lowest BCUT2D eigenvalue weighted by molar-refractivity contribution is 0.238. The predicted octanol–water partition coefficient (Wildman–Crippen LogP) is 2.31. The third-order valence-corrected chi connectivity index (χ3v) is 3.37. The molecule has 2 nitrogen and oxygen atoms in total. The van der Waals surface area contributed by atoms with Gasteiger partial charge in [0.2, 0.25) is 0 Å². The number of nitrogens with zero attached hydrogens (tertiary/aromatic N) is 1. The topological polar surface area (TPSA) is 35.8 Å². The molecular weight excluding hydrogens is 160 g/mol. The maximum Gasteiger partial charge on any atom is 0.0979 e. The Hall–Kier alpha value is -0.550. The lowest BCUT2D eigenvalue weighted by Crippen LogP contribution is -2.35. The second-order valence-corrected chi connectivity index (χ2v) is 4.15. The third kappa shape index (κ3) is 2.70. The van der Waals surface area contributed by atoms with Crippen LogP contribution >= 0.6 is 0 Å². The normalized spacial score (nSPS) is 23.5. The molecule has 1 aliphatic rings. The van der Waals surface area contributed by atoms with Crippen molar-refractivity contribution in [3.63, 3.8) is 0 Å². The Morgan fingerprint density at radius 1 is 1.31 bits per heavy atom. The van der Waals surface area contributed by atoms with E-state index in [9.17, 15) is 0 Å². The number of hydrogen-bond donors (Lipinski definition) is 1. The molecule has 0 amide bonds. The first-order valence-electron chi connectivity index (χ1n) is 5.36. The van der Waals surface area contributed by atoms with E-state index in [1.165, 1.54) is 32.1 Å². The second-order valence-electron chi connectivity index (χ2n) is 4.15. The molecule has 1 saturated carbocycles. The zero-order chi connectivity index (χ0) is 9.68. The zero-order valence-corrected chi connectivity index (χ0v) is 8.71. The molecule has 0 saturated heterocycles. The standard InChI is InChI=1S/C11H20N2/c1-9(11(8-12)13-2)10-6-4-3-5-7-10/h9-11,13H,3-7H2,1-2H3. The van der Waals surface area contributed by atoms with Crippen LogP contribution in [0.15, 0.2) is 0 Å². The van der Waals surface area contributed by atoms with Gasteiger partial charge in [0.05, 0.1) is 12.1 Å². The van der Waals surface area contributed by atoms with Gasteiger partial charge in [-0.15, -0.1) is 0 Å². The monoisotopic (exact) mass is 180 g/mol. The van der Waals surface area contributed by atoms with Gasteiger partial charge in [-0.1, -0.05) is 39.0 Å². The Bertz CT molecular complexity index is 177. The number of hydrogen-bond acceptors (Lipinski definition) is 2. The molecule has 2 unspecified atom stereocenters. The van der Waals surface area contributed by atoms with Crippen LogP contribution in [0.1, 0.15) is 39.0 Å². The summed E-state index contributed by atoms with van der Waals surface area (Å²) in [7, 11) is 1.88. The first-order chi connectivity index (χ1) is 6.29. The van der Waals surface area contributed by atoms with Gasteiger partial charge < -0.3 is 5.32 Å². The van der Waals surface area contributed by atoms with E-state index >= 15 is 0 Å². The van der Waals surface area contributed by atoms with Crippen molar-refractivity contribution in [1.82, 2.24) is 5.32 Å². The molecule has 1 N–H and O–H groups in total. The molecular formula is C11H20N2. The Morgan fingerprint density at radius 3 is 2.38 bits per heavy atom. The van der Waals surface area contributed by atoms with Crippen LogP contribution in [0.5, 0.6) is 0 Å². The van der Waals surface area contributed by atoms with E-state index in [4.69, 9.17) is 5.26 Å². The van der Waals surface area contributed by atoms with Crippen LogP contribution in [0.4, 0.5) is 0 Å². The lowest BCUT2D eigenvalue weighted by Gasteiger charge is -2.30. The minimum Gasteiger partial charge on any atom is -0.305 e. The minimum atomic E-state index is 0.0445. The van der Waals surface area contributed by atoms with Gasteiger partial charge in [0.25, 0.3) is 0 Å². The van der Waals surface area contributed by atoms with Gasteiger partial charge in [-0.2, -0.15) is 5.26 Å². The molecule has 74 valence electrons. The summed E-state index contributed by atoms with van der Waals surface area (Å²) in [5.41, 5.74) is 0. The van der Waals surface area contributed by atoms with Crippen molar-refractivity contribution < 1.29 is 0 Å². The summed E-state index contributed by atoms with van der Waals surface area (Å²) >= 11 is 0. The van der Waals surface area contributed by atoms with E-state index in [1.807, 2.05) is 7.05 Å². The highest BCUT2D eigenvalue weighted by Crippen LogP contribution is 2.31. The molecule has 0 aliphatic heterocycles. The fraction of sp³-hybridized carbons (Fsp3) is 0.909. The van der Waals surface area contributed by atoms with Gasteiger partial charge in [0, 0.05) is 0 Å². The average molecular weight is 180 g/mol. The smallest absolute Gasteiger partial charge is 0.0979 e. The van der Waals surface area contributed by atoms with Crippen LogP contribution in [0.2, 0.25) is 0 Å². The molecule has 13 heavy (non-hydrogen) atoms. The second kappa shape index (κ2) is 5.24. The maximum absolute atomic E-state index is 8.91. The summed E-state index contributed by atoms with van der Waals surface area (Å²) < 4.78 is 0. The van der Waals surface area contributed by atoms with Crippen LogP contribution in [0, 0.1) is 23.2 Å². The lowest BCUT2D eigenvalue weighted by atomic mass is 9.78. The molecule has 0 heterocycles. The highest BCUT2D eigenvalue weighted by atomic mass is 14.9. The largest absolute Gasteiger partial charge is 0.305 e. The van der Waals surface area contributed by atoms with Crippen LogP contribution in [-0.4, -0.2) is 13.1 Å². The fourth-order valence-electron chi connectivity index (χ4n) is 2.38. The molecule has 0 spiro atoms. The van der Waals surface area contributed by atoms with Gasteiger partial charge in [0.15, 0.2) is 0 Å². The minimum absolute atomic E-state index is 0.0445. The fourth-order valence-corrected chi connectivity index (χ4v) is 2.38. The molecule has 0 aromatic carbocycles. The zero-order valence-electron chi connectivity index (χ0n) is 8.71. The van der Waals surface area contributed by atoms with Crippen molar-refractivity contribution in [2.24, 2.45) is 11.8 Å². The number of nitriles is 1.